The number of hydrogen-bond acceptors (Lipinski definition) is 4. The van der Waals surface area contributed by atoms with E-state index in [0.717, 1.165) is 39.0 Å². The smallest absolute Gasteiger partial charge is 0.404 e. The number of aliphatic imine (C=N–C) groups is 1. The number of ether oxygens (including phenoxy) is 1. The molecule has 6 nitrogen and oxygen atoms in total. The van der Waals surface area contributed by atoms with Gasteiger partial charge in [0.05, 0.1) is 12.2 Å². The topological polar surface area (TPSA) is 66.1 Å². The van der Waals surface area contributed by atoms with E-state index >= 15 is 0 Å². The van der Waals surface area contributed by atoms with Crippen molar-refractivity contribution in [1.82, 2.24) is 9.80 Å². The maximum Gasteiger partial charge on any atom is 0.573 e. The van der Waals surface area contributed by atoms with Crippen molar-refractivity contribution in [3.63, 3.8) is 0 Å². The highest BCUT2D eigenvalue weighted by Gasteiger charge is 2.39. The van der Waals surface area contributed by atoms with E-state index in [-0.39, 0.29) is 22.9 Å². The van der Waals surface area contributed by atoms with E-state index in [1.54, 1.807) is 6.07 Å². The molecule has 0 atom stereocenters. The van der Waals surface area contributed by atoms with Gasteiger partial charge in [0.1, 0.15) is 0 Å². The van der Waals surface area contributed by atoms with Crippen LogP contribution in [-0.4, -0.2) is 67.4 Å². The fraction of sp³-hybridized carbons (Fsp3) is 0.650. The summed E-state index contributed by atoms with van der Waals surface area (Å²) in [5.74, 6) is -0.235. The van der Waals surface area contributed by atoms with Gasteiger partial charge in [-0.25, -0.2) is 0 Å². The Hall–Kier alpha value is -2.00. The molecule has 3 rings (SSSR count). The number of anilines is 1. The first-order valence-electron chi connectivity index (χ1n) is 10.1. The molecule has 2 heterocycles. The van der Waals surface area contributed by atoms with Crippen molar-refractivity contribution in [3.8, 4) is 5.75 Å². The summed E-state index contributed by atoms with van der Waals surface area (Å²) < 4.78 is 41.9. The van der Waals surface area contributed by atoms with Gasteiger partial charge >= 0.3 is 6.36 Å². The second-order valence-corrected chi connectivity index (χ2v) is 7.95. The van der Waals surface area contributed by atoms with E-state index in [1.165, 1.54) is 37.5 Å². The van der Waals surface area contributed by atoms with Crippen molar-refractivity contribution in [3.05, 3.63) is 24.3 Å². The van der Waals surface area contributed by atoms with E-state index in [1.807, 2.05) is 0 Å². The second kappa shape index (κ2) is 9.21. The Morgan fingerprint density at radius 1 is 1.14 bits per heavy atom. The number of alkyl halides is 3. The number of hydrogen-bond donors (Lipinski definition) is 2. The molecule has 0 radical (unpaired) electrons. The standard InChI is InChI=1S/C20H30F3N5O/c1-27-13-9-19(10-14-27,28-11-5-2-6-12-28)15-25-18(24)26-16-7-3-4-8-17(16)29-20(21,22)23/h3-4,7-8H,2,5-6,9-15H2,1H3,(H3,24,25,26). The largest absolute Gasteiger partial charge is 0.573 e. The molecule has 0 aliphatic carbocycles. The highest BCUT2D eigenvalue weighted by Crippen LogP contribution is 2.32. The summed E-state index contributed by atoms with van der Waals surface area (Å²) in [6.07, 6.45) is 0.891. The minimum absolute atomic E-state index is 0.0405. The lowest BCUT2D eigenvalue weighted by atomic mass is 9.84. The van der Waals surface area contributed by atoms with Crippen LogP contribution in [0.3, 0.4) is 0 Å². The second-order valence-electron chi connectivity index (χ2n) is 7.95. The number of guanidine groups is 1. The predicted octanol–water partition coefficient (Wildman–Crippen LogP) is 3.26. The third kappa shape index (κ3) is 5.99. The van der Waals surface area contributed by atoms with Crippen molar-refractivity contribution < 1.29 is 17.9 Å². The van der Waals surface area contributed by atoms with Crippen molar-refractivity contribution in [2.24, 2.45) is 10.7 Å². The number of benzene rings is 1. The Labute approximate surface area is 169 Å². The molecule has 0 spiro atoms. The molecule has 0 amide bonds. The normalized spacial score (nSPS) is 21.7. The highest BCUT2D eigenvalue weighted by molar-refractivity contribution is 5.93. The van der Waals surface area contributed by atoms with E-state index < -0.39 is 6.36 Å². The zero-order valence-electron chi connectivity index (χ0n) is 16.8. The molecule has 29 heavy (non-hydrogen) atoms. The molecular formula is C20H30F3N5O. The van der Waals surface area contributed by atoms with E-state index in [9.17, 15) is 13.2 Å². The highest BCUT2D eigenvalue weighted by atomic mass is 19.4. The van der Waals surface area contributed by atoms with Gasteiger partial charge in [0.2, 0.25) is 0 Å². The monoisotopic (exact) mass is 413 g/mol. The Morgan fingerprint density at radius 3 is 2.45 bits per heavy atom. The number of nitrogens with zero attached hydrogens (tertiary/aromatic N) is 3. The SMILES string of the molecule is CN1CCC(CN=C(N)Nc2ccccc2OC(F)(F)F)(N2CCCCC2)CC1. The average Bonchev–Trinajstić information content (AvgIpc) is 2.69. The first-order valence-corrected chi connectivity index (χ1v) is 10.1. The number of rotatable bonds is 5. The Kier molecular flexibility index (Phi) is 6.89. The average molecular weight is 413 g/mol. The van der Waals surface area contributed by atoms with E-state index in [0.29, 0.717) is 6.54 Å². The molecule has 2 aliphatic heterocycles. The van der Waals surface area contributed by atoms with Crippen LogP contribution in [0, 0.1) is 0 Å². The fourth-order valence-electron chi connectivity index (χ4n) is 4.17. The molecule has 1 aromatic rings. The van der Waals surface area contributed by atoms with Crippen LogP contribution < -0.4 is 15.8 Å². The van der Waals surface area contributed by atoms with Gasteiger partial charge < -0.3 is 20.7 Å². The van der Waals surface area contributed by atoms with Crippen LogP contribution in [0.15, 0.2) is 29.3 Å². The third-order valence-corrected chi connectivity index (χ3v) is 5.86. The summed E-state index contributed by atoms with van der Waals surface area (Å²) in [4.78, 5) is 9.40. The Balaban J connectivity index is 1.71. The molecule has 0 unspecified atom stereocenters. The minimum atomic E-state index is -4.77. The number of halogens is 3. The molecule has 2 aliphatic rings. The minimum Gasteiger partial charge on any atom is -0.404 e. The number of piperidine rings is 2. The fourth-order valence-corrected chi connectivity index (χ4v) is 4.17. The van der Waals surface area contributed by atoms with Gasteiger partial charge in [-0.2, -0.15) is 0 Å². The van der Waals surface area contributed by atoms with Crippen LogP contribution >= 0.6 is 0 Å². The maximum absolute atomic E-state index is 12.6. The molecule has 0 bridgehead atoms. The summed E-state index contributed by atoms with van der Waals surface area (Å²) in [6.45, 7) is 4.66. The van der Waals surface area contributed by atoms with Crippen LogP contribution in [0.4, 0.5) is 18.9 Å². The molecule has 162 valence electrons. The molecule has 9 heteroatoms. The number of para-hydroxylation sites is 2. The lowest BCUT2D eigenvalue weighted by Crippen LogP contribution is -2.58. The maximum atomic E-state index is 12.6. The van der Waals surface area contributed by atoms with Crippen LogP contribution in [0.5, 0.6) is 5.75 Å². The third-order valence-electron chi connectivity index (χ3n) is 5.86. The number of nitrogens with two attached hydrogens (primary N) is 1. The van der Waals surface area contributed by atoms with Crippen molar-refractivity contribution in [1.29, 1.82) is 0 Å². The zero-order chi connectivity index (χ0) is 20.9. The molecule has 2 fully saturated rings. The van der Waals surface area contributed by atoms with Gasteiger partial charge in [-0.1, -0.05) is 18.6 Å². The van der Waals surface area contributed by atoms with Gasteiger partial charge in [-0.05, 0) is 71.0 Å². The van der Waals surface area contributed by atoms with Crippen molar-refractivity contribution in [2.75, 3.05) is 45.1 Å². The van der Waals surface area contributed by atoms with Crippen LogP contribution in [0.2, 0.25) is 0 Å². The predicted molar refractivity (Wildman–Crippen MR) is 108 cm³/mol. The van der Waals surface area contributed by atoms with E-state index in [2.05, 4.69) is 31.9 Å². The van der Waals surface area contributed by atoms with E-state index in [4.69, 9.17) is 5.73 Å². The molecular weight excluding hydrogens is 383 g/mol. The van der Waals surface area contributed by atoms with Crippen LogP contribution in [0.1, 0.15) is 32.1 Å². The summed E-state index contributed by atoms with van der Waals surface area (Å²) in [5.41, 5.74) is 6.14. The summed E-state index contributed by atoms with van der Waals surface area (Å²) in [6, 6.07) is 5.82. The quantitative estimate of drug-likeness (QED) is 0.573. The van der Waals surface area contributed by atoms with Gasteiger partial charge in [0.15, 0.2) is 11.7 Å². The zero-order valence-corrected chi connectivity index (χ0v) is 16.8. The summed E-state index contributed by atoms with van der Waals surface area (Å²) in [7, 11) is 2.12. The first-order chi connectivity index (χ1) is 13.8. The van der Waals surface area contributed by atoms with Crippen molar-refractivity contribution >= 4 is 11.6 Å². The van der Waals surface area contributed by atoms with Crippen molar-refractivity contribution in [2.45, 2.75) is 44.0 Å². The molecule has 2 saturated heterocycles. The van der Waals surface area contributed by atoms with Crippen LogP contribution in [0.25, 0.3) is 0 Å². The summed E-state index contributed by atoms with van der Waals surface area (Å²) in [5, 5.41) is 2.78. The first kappa shape index (κ1) is 21.7. The molecule has 0 aromatic heterocycles. The lowest BCUT2D eigenvalue weighted by molar-refractivity contribution is -0.274. The Bertz CT molecular complexity index is 696. The lowest BCUT2D eigenvalue weighted by Gasteiger charge is -2.49. The summed E-state index contributed by atoms with van der Waals surface area (Å²) >= 11 is 0. The number of likely N-dealkylation sites (tertiary alicyclic amines) is 2. The van der Waals surface area contributed by atoms with Gasteiger partial charge in [0.25, 0.3) is 0 Å². The van der Waals surface area contributed by atoms with Gasteiger partial charge in [-0.15, -0.1) is 13.2 Å². The molecule has 3 N–H and O–H groups in total. The van der Waals surface area contributed by atoms with Gasteiger partial charge in [0, 0.05) is 5.54 Å². The van der Waals surface area contributed by atoms with Crippen LogP contribution in [-0.2, 0) is 0 Å². The molecule has 1 aromatic carbocycles. The Morgan fingerprint density at radius 2 is 1.79 bits per heavy atom. The van der Waals surface area contributed by atoms with Gasteiger partial charge in [-0.3, -0.25) is 9.89 Å². The number of nitrogens with one attached hydrogen (secondary N) is 1. The molecule has 0 saturated carbocycles.